The fourth-order valence-corrected chi connectivity index (χ4v) is 2.48. The quantitative estimate of drug-likeness (QED) is 0.164. The maximum absolute atomic E-state index is 10.5. The van der Waals surface area contributed by atoms with Crippen LogP contribution in [0.5, 0.6) is 0 Å². The van der Waals surface area contributed by atoms with Crippen molar-refractivity contribution in [2.24, 2.45) is 0 Å². The van der Waals surface area contributed by atoms with Gasteiger partial charge >= 0.3 is 0 Å². The Balaban J connectivity index is 2.24. The molecule has 24 heavy (non-hydrogen) atoms. The molecule has 0 aliphatic heterocycles. The van der Waals surface area contributed by atoms with Crippen LogP contribution in [0.1, 0.15) is 11.5 Å². The first-order valence-corrected chi connectivity index (χ1v) is 8.54. The van der Waals surface area contributed by atoms with E-state index in [2.05, 4.69) is 28.4 Å². The minimum Gasteiger partial charge on any atom is -0.464 e. The maximum atomic E-state index is 10.5. The predicted octanol–water partition coefficient (Wildman–Crippen LogP) is 1.68. The smallest absolute Gasteiger partial charge is 0.274 e. The molecular weight excluding hydrogens is 328 g/mol. The van der Waals surface area contributed by atoms with Crippen LogP contribution in [0.15, 0.2) is 41.2 Å². The van der Waals surface area contributed by atoms with Crippen molar-refractivity contribution >= 4 is 11.8 Å². The first-order valence-electron chi connectivity index (χ1n) is 7.39. The lowest BCUT2D eigenvalue weighted by molar-refractivity contribution is -0.404. The van der Waals surface area contributed by atoms with Crippen LogP contribution >= 0.6 is 11.8 Å². The third-order valence-electron chi connectivity index (χ3n) is 2.73. The van der Waals surface area contributed by atoms with Crippen molar-refractivity contribution in [3.63, 3.8) is 0 Å². The Morgan fingerprint density at radius 1 is 1.46 bits per heavy atom. The molecule has 0 radical (unpaired) electrons. The van der Waals surface area contributed by atoms with E-state index in [1.807, 2.05) is 12.1 Å². The van der Waals surface area contributed by atoms with Crippen molar-refractivity contribution in [1.29, 1.82) is 0 Å². The molecule has 0 aliphatic rings. The summed E-state index contributed by atoms with van der Waals surface area (Å²) in [4.78, 5) is 9.99. The van der Waals surface area contributed by atoms with E-state index in [0.29, 0.717) is 18.9 Å². The zero-order chi connectivity index (χ0) is 17.6. The highest BCUT2D eigenvalue weighted by Gasteiger charge is 2.03. The number of furan rings is 1. The van der Waals surface area contributed by atoms with Crippen molar-refractivity contribution < 1.29 is 9.34 Å². The van der Waals surface area contributed by atoms with Gasteiger partial charge in [0.1, 0.15) is 11.5 Å². The van der Waals surface area contributed by atoms with E-state index in [1.165, 1.54) is 0 Å². The second-order valence-electron chi connectivity index (χ2n) is 4.65. The Bertz CT molecular complexity index is 592. The van der Waals surface area contributed by atoms with E-state index < -0.39 is 4.92 Å². The molecule has 0 aliphatic carbocycles. The van der Waals surface area contributed by atoms with Gasteiger partial charge in [0.25, 0.3) is 6.20 Å². The molecule has 1 heterocycles. The number of hydrogen-bond donors (Lipinski definition) is 3. The highest BCUT2D eigenvalue weighted by molar-refractivity contribution is 7.98. The second kappa shape index (κ2) is 12.1. The number of nitrogens with zero attached hydrogens (tertiary/aromatic N) is 1. The summed E-state index contributed by atoms with van der Waals surface area (Å²) in [6.45, 7) is 5.87. The lowest BCUT2D eigenvalue weighted by Crippen LogP contribution is -2.29. The topological polar surface area (TPSA) is 92.4 Å². The third kappa shape index (κ3) is 8.92. The zero-order valence-corrected chi connectivity index (χ0v) is 14.2. The monoisotopic (exact) mass is 350 g/mol. The van der Waals surface area contributed by atoms with Crippen LogP contribution in [-0.2, 0) is 12.3 Å². The fraction of sp³-hybridized carbons (Fsp3) is 0.375. The van der Waals surface area contributed by atoms with Crippen molar-refractivity contribution in [3.05, 3.63) is 58.4 Å². The third-order valence-corrected chi connectivity index (χ3v) is 3.71. The number of nitrogens with one attached hydrogen (secondary N) is 3. The molecule has 0 saturated heterocycles. The van der Waals surface area contributed by atoms with Crippen LogP contribution in [0.3, 0.4) is 0 Å². The summed E-state index contributed by atoms with van der Waals surface area (Å²) in [5.74, 6) is 6.00. The van der Waals surface area contributed by atoms with Crippen LogP contribution in [0.25, 0.3) is 0 Å². The van der Waals surface area contributed by atoms with E-state index in [0.717, 1.165) is 35.8 Å². The summed E-state index contributed by atoms with van der Waals surface area (Å²) in [6, 6.07) is 3.91. The molecule has 8 heteroatoms. The first kappa shape index (κ1) is 19.7. The van der Waals surface area contributed by atoms with Crippen LogP contribution in [-0.4, -0.2) is 30.3 Å². The van der Waals surface area contributed by atoms with Crippen molar-refractivity contribution in [1.82, 2.24) is 16.0 Å². The van der Waals surface area contributed by atoms with Crippen molar-refractivity contribution in [2.75, 3.05) is 25.4 Å². The Hall–Kier alpha value is -2.37. The Labute approximate surface area is 146 Å². The van der Waals surface area contributed by atoms with Gasteiger partial charge in [-0.25, -0.2) is 0 Å². The van der Waals surface area contributed by atoms with Gasteiger partial charge in [-0.15, -0.1) is 13.0 Å². The average Bonchev–Trinajstić information content (AvgIpc) is 2.99. The van der Waals surface area contributed by atoms with Crippen LogP contribution in [0.2, 0.25) is 0 Å². The summed E-state index contributed by atoms with van der Waals surface area (Å²) >= 11 is 1.67. The molecule has 0 bridgehead atoms. The van der Waals surface area contributed by atoms with E-state index >= 15 is 0 Å². The molecule has 130 valence electrons. The maximum Gasteiger partial charge on any atom is 0.274 e. The molecule has 0 spiro atoms. The second-order valence-corrected chi connectivity index (χ2v) is 5.76. The van der Waals surface area contributed by atoms with Crippen molar-refractivity contribution in [2.45, 2.75) is 12.3 Å². The molecule has 0 atom stereocenters. The van der Waals surface area contributed by atoms with Crippen LogP contribution in [0, 0.1) is 22.5 Å². The first-order chi connectivity index (χ1) is 11.7. The molecule has 7 nitrogen and oxygen atoms in total. The molecule has 0 saturated carbocycles. The number of rotatable bonds is 13. The van der Waals surface area contributed by atoms with E-state index in [1.54, 1.807) is 17.8 Å². The summed E-state index contributed by atoms with van der Waals surface area (Å²) in [6.07, 6.45) is 7.80. The van der Waals surface area contributed by atoms with Gasteiger partial charge in [0.2, 0.25) is 0 Å². The van der Waals surface area contributed by atoms with Crippen LogP contribution < -0.4 is 16.0 Å². The predicted molar refractivity (Wildman–Crippen MR) is 96.7 cm³/mol. The molecule has 1 rings (SSSR count). The number of nitro groups is 1. The normalized spacial score (nSPS) is 10.9. The molecule has 1 aromatic rings. The fourth-order valence-electron chi connectivity index (χ4n) is 1.73. The van der Waals surface area contributed by atoms with Gasteiger partial charge in [-0.2, -0.15) is 11.8 Å². The molecule has 0 aromatic carbocycles. The van der Waals surface area contributed by atoms with Gasteiger partial charge in [0, 0.05) is 18.8 Å². The largest absolute Gasteiger partial charge is 0.464 e. The minimum atomic E-state index is -0.524. The number of thioether (sulfide) groups is 1. The summed E-state index contributed by atoms with van der Waals surface area (Å²) in [7, 11) is 0. The average molecular weight is 350 g/mol. The standard InChI is InChI=1S/C16H22N4O3S/c1-3-7-17-11-14-5-6-15(23-14)13-24-10-9-19-16(12-20(21)22)18-8-4-2/h2-3,5-6,12,17-19H,1,7-11,13H2/b16-12-. The van der Waals surface area contributed by atoms with E-state index in [4.69, 9.17) is 10.8 Å². The van der Waals surface area contributed by atoms with Gasteiger partial charge in [0.15, 0.2) is 5.82 Å². The SMILES string of the molecule is C#CCN/C(=C/[N+](=O)[O-])NCCSCc1ccc(CNCC=C)o1. The highest BCUT2D eigenvalue weighted by atomic mass is 32.2. The molecular formula is C16H22N4O3S. The minimum absolute atomic E-state index is 0.231. The van der Waals surface area contributed by atoms with Gasteiger partial charge in [-0.05, 0) is 12.1 Å². The molecule has 0 fully saturated rings. The Morgan fingerprint density at radius 2 is 2.25 bits per heavy atom. The van der Waals surface area contributed by atoms with Gasteiger partial charge in [0.05, 0.1) is 23.8 Å². The van der Waals surface area contributed by atoms with Gasteiger partial charge < -0.3 is 20.4 Å². The number of terminal acetylenes is 1. The lowest BCUT2D eigenvalue weighted by atomic mass is 10.4. The number of hydrogen-bond acceptors (Lipinski definition) is 7. The molecule has 3 N–H and O–H groups in total. The summed E-state index contributed by atoms with van der Waals surface area (Å²) in [5, 5.41) is 19.4. The van der Waals surface area contributed by atoms with Gasteiger partial charge in [-0.3, -0.25) is 10.1 Å². The Kier molecular flexibility index (Phi) is 9.92. The molecule has 0 unspecified atom stereocenters. The van der Waals surface area contributed by atoms with E-state index in [9.17, 15) is 10.1 Å². The summed E-state index contributed by atoms with van der Waals surface area (Å²) in [5.41, 5.74) is 0. The van der Waals surface area contributed by atoms with Crippen molar-refractivity contribution in [3.8, 4) is 12.3 Å². The zero-order valence-electron chi connectivity index (χ0n) is 13.4. The lowest BCUT2D eigenvalue weighted by Gasteiger charge is -2.08. The summed E-state index contributed by atoms with van der Waals surface area (Å²) < 4.78 is 5.69. The molecule has 1 aromatic heterocycles. The highest BCUT2D eigenvalue weighted by Crippen LogP contribution is 2.15. The van der Waals surface area contributed by atoms with E-state index in [-0.39, 0.29) is 6.54 Å². The van der Waals surface area contributed by atoms with Gasteiger partial charge in [-0.1, -0.05) is 12.0 Å². The Morgan fingerprint density at radius 3 is 2.96 bits per heavy atom. The molecule has 0 amide bonds. The van der Waals surface area contributed by atoms with Crippen LogP contribution in [0.4, 0.5) is 0 Å².